The highest BCUT2D eigenvalue weighted by Gasteiger charge is 2.38. The van der Waals surface area contributed by atoms with Crippen LogP contribution in [0.1, 0.15) is 0 Å². The van der Waals surface area contributed by atoms with E-state index < -0.39 is 8.07 Å². The summed E-state index contributed by atoms with van der Waals surface area (Å²) in [5.74, 6) is 0. The van der Waals surface area contributed by atoms with E-state index in [-0.39, 0.29) is 0 Å². The second-order valence-corrected chi connectivity index (χ2v) is 17.2. The maximum atomic E-state index is 2.58. The lowest BCUT2D eigenvalue weighted by atomic mass is 9.82. The Morgan fingerprint density at radius 2 is 0.867 bits per heavy atom. The summed E-state index contributed by atoms with van der Waals surface area (Å²) < 4.78 is 0. The minimum absolute atomic E-state index is 1.24. The number of benzene rings is 8. The summed E-state index contributed by atoms with van der Waals surface area (Å²) in [5, 5.41) is 10.9. The average Bonchev–Trinajstić information content (AvgIpc) is 3.32. The molecule has 1 heterocycles. The second-order valence-electron chi connectivity index (χ2n) is 12.9. The smallest absolute Gasteiger partial charge is 0.0623 e. The highest BCUT2D eigenvalue weighted by atomic mass is 28.3. The van der Waals surface area contributed by atoms with Crippen LogP contribution in [-0.4, -0.2) is 8.07 Å². The Balaban J connectivity index is 1.51. The van der Waals surface area contributed by atoms with Crippen LogP contribution in [0.2, 0.25) is 13.1 Å². The zero-order valence-corrected chi connectivity index (χ0v) is 26.5. The molecule has 1 aliphatic heterocycles. The molecule has 212 valence electrons. The van der Waals surface area contributed by atoms with Crippen LogP contribution in [0.3, 0.4) is 0 Å². The van der Waals surface area contributed by atoms with Crippen LogP contribution in [0, 0.1) is 0 Å². The van der Waals surface area contributed by atoms with Gasteiger partial charge in [-0.1, -0.05) is 153 Å². The molecule has 0 nitrogen and oxygen atoms in total. The maximum Gasteiger partial charge on any atom is 0.113 e. The third-order valence-electron chi connectivity index (χ3n) is 10.0. The Morgan fingerprint density at radius 3 is 1.58 bits per heavy atom. The maximum absolute atomic E-state index is 2.58. The number of hydrogen-bond donors (Lipinski definition) is 0. The van der Waals surface area contributed by atoms with Gasteiger partial charge in [-0.2, -0.15) is 0 Å². The quantitative estimate of drug-likeness (QED) is 0.142. The molecule has 0 aromatic heterocycles. The van der Waals surface area contributed by atoms with Gasteiger partial charge < -0.3 is 0 Å². The van der Waals surface area contributed by atoms with Crippen molar-refractivity contribution in [2.24, 2.45) is 0 Å². The molecule has 0 aliphatic carbocycles. The molecule has 1 aliphatic rings. The first-order valence-electron chi connectivity index (χ1n) is 15.9. The molecule has 0 unspecified atom stereocenters. The molecule has 0 radical (unpaired) electrons. The molecule has 0 amide bonds. The molecule has 0 saturated heterocycles. The van der Waals surface area contributed by atoms with Crippen LogP contribution >= 0.6 is 0 Å². The van der Waals surface area contributed by atoms with Crippen molar-refractivity contribution in [3.05, 3.63) is 158 Å². The van der Waals surface area contributed by atoms with Gasteiger partial charge in [-0.15, -0.1) is 0 Å². The van der Waals surface area contributed by atoms with Gasteiger partial charge in [0.05, 0.1) is 0 Å². The predicted molar refractivity (Wildman–Crippen MR) is 197 cm³/mol. The van der Waals surface area contributed by atoms with E-state index in [1.54, 1.807) is 5.19 Å². The molecule has 0 atom stereocenters. The first-order valence-corrected chi connectivity index (χ1v) is 18.9. The van der Waals surface area contributed by atoms with Crippen molar-refractivity contribution in [1.29, 1.82) is 0 Å². The van der Waals surface area contributed by atoms with Gasteiger partial charge in [-0.3, -0.25) is 0 Å². The zero-order valence-electron chi connectivity index (χ0n) is 25.5. The van der Waals surface area contributed by atoms with E-state index >= 15 is 0 Å². The fourth-order valence-corrected chi connectivity index (χ4v) is 11.0. The largest absolute Gasteiger partial charge is 0.113 e. The van der Waals surface area contributed by atoms with Crippen molar-refractivity contribution in [2.45, 2.75) is 13.1 Å². The second kappa shape index (κ2) is 9.89. The van der Waals surface area contributed by atoms with Crippen LogP contribution in [0.15, 0.2) is 158 Å². The summed E-state index contributed by atoms with van der Waals surface area (Å²) in [6, 6.07) is 58.8. The number of hydrogen-bond acceptors (Lipinski definition) is 0. The van der Waals surface area contributed by atoms with E-state index in [9.17, 15) is 0 Å². The van der Waals surface area contributed by atoms with E-state index in [1.807, 2.05) is 0 Å². The first kappa shape index (κ1) is 26.2. The monoisotopic (exact) mass is 588 g/mol. The molecular weight excluding hydrogens is 557 g/mol. The number of rotatable bonds is 3. The molecule has 0 fully saturated rings. The Bertz CT molecular complexity index is 2440. The van der Waals surface area contributed by atoms with Gasteiger partial charge in [-0.25, -0.2) is 0 Å². The average molecular weight is 589 g/mol. The van der Waals surface area contributed by atoms with Crippen LogP contribution < -0.4 is 10.4 Å². The Kier molecular flexibility index (Phi) is 5.75. The molecular formula is C44H32Si. The van der Waals surface area contributed by atoms with E-state index in [4.69, 9.17) is 0 Å². The molecule has 9 rings (SSSR count). The zero-order chi connectivity index (χ0) is 30.1. The van der Waals surface area contributed by atoms with Gasteiger partial charge in [0.2, 0.25) is 0 Å². The Hall–Kier alpha value is -5.24. The van der Waals surface area contributed by atoms with Crippen LogP contribution in [0.4, 0.5) is 0 Å². The van der Waals surface area contributed by atoms with E-state index in [1.165, 1.54) is 82.0 Å². The van der Waals surface area contributed by atoms with Crippen molar-refractivity contribution < 1.29 is 0 Å². The summed E-state index contributed by atoms with van der Waals surface area (Å²) in [7, 11) is -1.89. The Labute approximate surface area is 265 Å². The summed E-state index contributed by atoms with van der Waals surface area (Å²) in [6.45, 7) is 5.04. The lowest BCUT2D eigenvalue weighted by Gasteiger charge is -2.23. The fourth-order valence-electron chi connectivity index (χ4n) is 7.88. The van der Waals surface area contributed by atoms with E-state index in [2.05, 4.69) is 171 Å². The molecule has 45 heavy (non-hydrogen) atoms. The summed E-state index contributed by atoms with van der Waals surface area (Å²) >= 11 is 0. The van der Waals surface area contributed by atoms with Crippen molar-refractivity contribution >= 4 is 50.8 Å². The van der Waals surface area contributed by atoms with Gasteiger partial charge in [0, 0.05) is 0 Å². The minimum Gasteiger partial charge on any atom is -0.0623 e. The summed E-state index contributed by atoms with van der Waals surface area (Å²) in [4.78, 5) is 0. The fraction of sp³-hybridized carbons (Fsp3) is 0.0455. The molecule has 0 bridgehead atoms. The van der Waals surface area contributed by atoms with Crippen molar-refractivity contribution in [1.82, 2.24) is 0 Å². The molecule has 8 aromatic carbocycles. The van der Waals surface area contributed by atoms with E-state index in [0.717, 1.165) is 0 Å². The SMILES string of the molecule is C[Si]1(C)c2ccccc2-c2cc3c(-c4cc5ccccc5cc4-c4ccccc4)c4ccccc4c(-c4ccccc4)c3cc21. The van der Waals surface area contributed by atoms with Gasteiger partial charge >= 0.3 is 0 Å². The predicted octanol–water partition coefficient (Wildman–Crippen LogP) is 11.0. The van der Waals surface area contributed by atoms with Crippen molar-refractivity contribution in [3.63, 3.8) is 0 Å². The highest BCUT2D eigenvalue weighted by Crippen LogP contribution is 2.48. The topological polar surface area (TPSA) is 0 Å². The van der Waals surface area contributed by atoms with Crippen molar-refractivity contribution in [3.8, 4) is 44.5 Å². The standard InChI is InChI=1S/C44H32Si/c1-45(2)41-24-14-13-21-33(41)37-27-39-40(28-42(37)45)43(30-17-7-4-8-18-30)34-22-11-12-23-35(34)44(39)38-26-32-20-10-9-19-31(32)25-36(38)29-15-5-3-6-16-29/h3-28H,1-2H3. The lowest BCUT2D eigenvalue weighted by molar-refractivity contribution is 1.63. The third-order valence-corrected chi connectivity index (χ3v) is 13.6. The third kappa shape index (κ3) is 3.91. The molecule has 0 N–H and O–H groups in total. The van der Waals surface area contributed by atoms with Crippen LogP contribution in [0.25, 0.3) is 76.8 Å². The molecule has 1 heteroatoms. The molecule has 0 saturated carbocycles. The minimum atomic E-state index is -1.89. The van der Waals surface area contributed by atoms with Gasteiger partial charge in [-0.05, 0) is 105 Å². The van der Waals surface area contributed by atoms with Crippen LogP contribution in [-0.2, 0) is 0 Å². The van der Waals surface area contributed by atoms with Gasteiger partial charge in [0.25, 0.3) is 0 Å². The van der Waals surface area contributed by atoms with Crippen molar-refractivity contribution in [2.75, 3.05) is 0 Å². The normalized spacial score (nSPS) is 13.3. The lowest BCUT2D eigenvalue weighted by Crippen LogP contribution is -2.49. The van der Waals surface area contributed by atoms with Gasteiger partial charge in [0.15, 0.2) is 0 Å². The summed E-state index contributed by atoms with van der Waals surface area (Å²) in [5.41, 5.74) is 10.5. The number of fused-ring (bicyclic) bond motifs is 6. The van der Waals surface area contributed by atoms with E-state index in [0.29, 0.717) is 0 Å². The van der Waals surface area contributed by atoms with Gasteiger partial charge in [0.1, 0.15) is 8.07 Å². The molecule has 8 aromatic rings. The Morgan fingerprint density at radius 1 is 0.333 bits per heavy atom. The summed E-state index contributed by atoms with van der Waals surface area (Å²) in [6.07, 6.45) is 0. The first-order chi connectivity index (χ1) is 22.1. The molecule has 0 spiro atoms. The highest BCUT2D eigenvalue weighted by molar-refractivity contribution is 7.04. The van der Waals surface area contributed by atoms with Crippen LogP contribution in [0.5, 0.6) is 0 Å².